The monoisotopic (exact) mass is 421 g/mol. The van der Waals surface area contributed by atoms with Crippen LogP contribution in [-0.4, -0.2) is 28.1 Å². The number of carbonyl (C=O) groups is 1. The molecule has 0 saturated carbocycles. The Hall–Kier alpha value is -3.20. The number of aromatic nitrogens is 2. The molecule has 1 aromatic carbocycles. The summed E-state index contributed by atoms with van der Waals surface area (Å²) in [5.74, 6) is 0.982. The van der Waals surface area contributed by atoms with Gasteiger partial charge in [-0.25, -0.2) is 21.3 Å². The van der Waals surface area contributed by atoms with E-state index in [1.54, 1.807) is 49.7 Å². The predicted molar refractivity (Wildman–Crippen MR) is 122 cm³/mol. The fourth-order valence-corrected chi connectivity index (χ4v) is 2.96. The van der Waals surface area contributed by atoms with Crippen LogP contribution in [0.25, 0.3) is 16.2 Å². The number of rotatable bonds is 13. The van der Waals surface area contributed by atoms with E-state index in [4.69, 9.17) is 16.0 Å². The number of ether oxygens (including phenoxy) is 2. The molecule has 6 heteroatoms. The molecule has 0 radical (unpaired) electrons. The van der Waals surface area contributed by atoms with Crippen LogP contribution in [0, 0.1) is 6.57 Å². The second-order valence-electron chi connectivity index (χ2n) is 7.65. The molecule has 2 rings (SSSR count). The van der Waals surface area contributed by atoms with E-state index < -0.39 is 11.5 Å². The van der Waals surface area contributed by atoms with Gasteiger partial charge in [0.1, 0.15) is 5.75 Å². The summed E-state index contributed by atoms with van der Waals surface area (Å²) in [6, 6.07) is 6.88. The molecule has 31 heavy (non-hydrogen) atoms. The average molecular weight is 422 g/mol. The summed E-state index contributed by atoms with van der Waals surface area (Å²) >= 11 is 0. The lowest BCUT2D eigenvalue weighted by atomic mass is 9.99. The van der Waals surface area contributed by atoms with Crippen LogP contribution in [0.1, 0.15) is 58.8 Å². The van der Waals surface area contributed by atoms with Crippen molar-refractivity contribution in [3.8, 4) is 22.9 Å². The SMILES string of the molecule is [C-]#[N+]C(C)(CC=C)C(=O)Oc1ccc(-c2ncc(OCCCCCCCC)cn2)cc1. The third-order valence-electron chi connectivity index (χ3n) is 4.95. The van der Waals surface area contributed by atoms with Crippen molar-refractivity contribution in [3.63, 3.8) is 0 Å². The molecule has 0 fully saturated rings. The minimum Gasteiger partial charge on any atom is -0.490 e. The molecule has 0 aliphatic rings. The van der Waals surface area contributed by atoms with Crippen LogP contribution in [0.3, 0.4) is 0 Å². The number of hydrogen-bond donors (Lipinski definition) is 0. The Morgan fingerprint density at radius 2 is 1.74 bits per heavy atom. The molecule has 1 aromatic heterocycles. The summed E-state index contributed by atoms with van der Waals surface area (Å²) in [4.78, 5) is 24.4. The first kappa shape index (κ1) is 24.1. The number of carbonyl (C=O) groups excluding carboxylic acids is 1. The summed E-state index contributed by atoms with van der Waals surface area (Å²) in [6.07, 6.45) is 12.4. The summed E-state index contributed by atoms with van der Waals surface area (Å²) in [5, 5.41) is 0. The summed E-state index contributed by atoms with van der Waals surface area (Å²) in [7, 11) is 0. The molecule has 2 aromatic rings. The van der Waals surface area contributed by atoms with E-state index >= 15 is 0 Å². The number of hydrogen-bond acceptors (Lipinski definition) is 5. The molecular formula is C25H31N3O3. The van der Waals surface area contributed by atoms with E-state index in [0.717, 1.165) is 12.0 Å². The first-order valence-electron chi connectivity index (χ1n) is 10.8. The van der Waals surface area contributed by atoms with Gasteiger partial charge in [-0.1, -0.05) is 45.1 Å². The Kier molecular flexibility index (Phi) is 9.70. The predicted octanol–water partition coefficient (Wildman–Crippen LogP) is 6.04. The quantitative estimate of drug-likeness (QED) is 0.130. The first-order valence-corrected chi connectivity index (χ1v) is 10.8. The maximum absolute atomic E-state index is 12.3. The molecule has 0 N–H and O–H groups in total. The number of nitrogens with zero attached hydrogens (tertiary/aromatic N) is 3. The maximum Gasteiger partial charge on any atom is 0.398 e. The lowest BCUT2D eigenvalue weighted by molar-refractivity contribution is -0.138. The largest absolute Gasteiger partial charge is 0.490 e. The van der Waals surface area contributed by atoms with Crippen LogP contribution in [-0.2, 0) is 4.79 Å². The van der Waals surface area contributed by atoms with E-state index in [1.807, 2.05) is 0 Å². The van der Waals surface area contributed by atoms with Crippen molar-refractivity contribution in [3.05, 3.63) is 60.7 Å². The molecule has 6 nitrogen and oxygen atoms in total. The highest BCUT2D eigenvalue weighted by molar-refractivity contribution is 5.84. The van der Waals surface area contributed by atoms with Gasteiger partial charge in [-0.3, -0.25) is 4.85 Å². The van der Waals surface area contributed by atoms with Crippen LogP contribution in [0.5, 0.6) is 11.5 Å². The Morgan fingerprint density at radius 1 is 1.10 bits per heavy atom. The summed E-state index contributed by atoms with van der Waals surface area (Å²) in [5.41, 5.74) is -0.476. The molecule has 0 aliphatic carbocycles. The second kappa shape index (κ2) is 12.5. The summed E-state index contributed by atoms with van der Waals surface area (Å²) < 4.78 is 11.1. The van der Waals surface area contributed by atoms with E-state index in [1.165, 1.54) is 32.1 Å². The molecule has 0 spiro atoms. The minimum atomic E-state index is -1.27. The lowest BCUT2D eigenvalue weighted by Gasteiger charge is -2.13. The van der Waals surface area contributed by atoms with Gasteiger partial charge in [0.25, 0.3) is 0 Å². The molecule has 164 valence electrons. The zero-order valence-electron chi connectivity index (χ0n) is 18.5. The van der Waals surface area contributed by atoms with E-state index in [-0.39, 0.29) is 6.42 Å². The number of esters is 1. The van der Waals surface area contributed by atoms with Gasteiger partial charge in [-0.15, -0.1) is 6.58 Å². The fourth-order valence-electron chi connectivity index (χ4n) is 2.96. The van der Waals surface area contributed by atoms with E-state index in [9.17, 15) is 4.79 Å². The van der Waals surface area contributed by atoms with Crippen LogP contribution in [0.2, 0.25) is 0 Å². The van der Waals surface area contributed by atoms with Gasteiger partial charge in [0.15, 0.2) is 11.6 Å². The standard InChI is InChI=1S/C25H31N3O3/c1-5-7-8-9-10-11-17-30-22-18-27-23(28-19-22)20-12-14-21(15-13-20)31-24(29)25(3,26-4)16-6-2/h6,12-15,18-19H,2,5,7-11,16-17H2,1,3H3. The van der Waals surface area contributed by atoms with Gasteiger partial charge in [0.2, 0.25) is 0 Å². The second-order valence-corrected chi connectivity index (χ2v) is 7.65. The van der Waals surface area contributed by atoms with Crippen molar-refractivity contribution in [1.29, 1.82) is 0 Å². The molecule has 0 aliphatic heterocycles. The minimum absolute atomic E-state index is 0.231. The van der Waals surface area contributed by atoms with E-state index in [2.05, 4.69) is 28.3 Å². The molecule has 0 saturated heterocycles. The van der Waals surface area contributed by atoms with Gasteiger partial charge in [-0.05, 0) is 30.7 Å². The molecule has 0 amide bonds. The molecule has 1 heterocycles. The third kappa shape index (κ3) is 7.53. The highest BCUT2D eigenvalue weighted by atomic mass is 16.5. The number of unbranched alkanes of at least 4 members (excludes halogenated alkanes) is 5. The van der Waals surface area contributed by atoms with Gasteiger partial charge in [0.05, 0.1) is 25.4 Å². The lowest BCUT2D eigenvalue weighted by Crippen LogP contribution is -2.35. The molecular weight excluding hydrogens is 390 g/mol. The van der Waals surface area contributed by atoms with Crippen molar-refractivity contribution in [2.75, 3.05) is 6.61 Å². The normalized spacial score (nSPS) is 12.4. The summed E-state index contributed by atoms with van der Waals surface area (Å²) in [6.45, 7) is 15.3. The maximum atomic E-state index is 12.3. The van der Waals surface area contributed by atoms with Crippen LogP contribution >= 0.6 is 0 Å². The zero-order valence-corrected chi connectivity index (χ0v) is 18.5. The van der Waals surface area contributed by atoms with Crippen molar-refractivity contribution in [1.82, 2.24) is 9.97 Å². The van der Waals surface area contributed by atoms with Gasteiger partial charge in [-0.2, -0.15) is 0 Å². The van der Waals surface area contributed by atoms with Gasteiger partial charge >= 0.3 is 11.5 Å². The zero-order chi connectivity index (χ0) is 22.5. The van der Waals surface area contributed by atoms with Crippen LogP contribution in [0.15, 0.2) is 49.3 Å². The van der Waals surface area contributed by atoms with Crippen LogP contribution in [0.4, 0.5) is 0 Å². The van der Waals surface area contributed by atoms with Gasteiger partial charge in [0, 0.05) is 12.5 Å². The van der Waals surface area contributed by atoms with Crippen molar-refractivity contribution in [2.45, 2.75) is 64.3 Å². The molecule has 0 bridgehead atoms. The third-order valence-corrected chi connectivity index (χ3v) is 4.95. The van der Waals surface area contributed by atoms with E-state index in [0.29, 0.717) is 23.9 Å². The first-order chi connectivity index (χ1) is 15.0. The Morgan fingerprint density at radius 3 is 2.35 bits per heavy atom. The van der Waals surface area contributed by atoms with Crippen molar-refractivity contribution < 1.29 is 14.3 Å². The van der Waals surface area contributed by atoms with Crippen molar-refractivity contribution >= 4 is 5.97 Å². The highest BCUT2D eigenvalue weighted by Gasteiger charge is 2.40. The Bertz CT molecular complexity index is 872. The molecule has 1 unspecified atom stereocenters. The number of benzene rings is 1. The van der Waals surface area contributed by atoms with Crippen molar-refractivity contribution in [2.24, 2.45) is 0 Å². The molecule has 1 atom stereocenters. The highest BCUT2D eigenvalue weighted by Crippen LogP contribution is 2.24. The Labute approximate surface area is 185 Å². The Balaban J connectivity index is 1.86. The fraction of sp³-hybridized carbons (Fsp3) is 0.440. The topological polar surface area (TPSA) is 65.7 Å². The van der Waals surface area contributed by atoms with Gasteiger partial charge < -0.3 is 9.47 Å². The average Bonchev–Trinajstić information content (AvgIpc) is 2.79. The smallest absolute Gasteiger partial charge is 0.398 e. The van der Waals surface area contributed by atoms with Crippen LogP contribution < -0.4 is 9.47 Å².